The fourth-order valence-corrected chi connectivity index (χ4v) is 2.98. The van der Waals surface area contributed by atoms with Crippen LogP contribution in [0.3, 0.4) is 0 Å². The van der Waals surface area contributed by atoms with Crippen LogP contribution in [0, 0.1) is 26.2 Å². The summed E-state index contributed by atoms with van der Waals surface area (Å²) in [4.78, 5) is 16.4. The van der Waals surface area contributed by atoms with Crippen LogP contribution < -0.4 is 10.1 Å². The number of nitrogens with one attached hydrogen (secondary N) is 1. The van der Waals surface area contributed by atoms with Gasteiger partial charge in [0.15, 0.2) is 17.6 Å². The fraction of sp³-hybridized carbons (Fsp3) is 0.238. The van der Waals surface area contributed by atoms with Crippen molar-refractivity contribution in [3.8, 4) is 18.1 Å². The lowest BCUT2D eigenvalue weighted by molar-refractivity contribution is -0.126. The number of aliphatic hydroxyl groups is 1. The molecule has 3 rings (SSSR count). The average Bonchev–Trinajstić information content (AvgIpc) is 2.98. The van der Waals surface area contributed by atoms with E-state index >= 15 is 0 Å². The molecule has 3 aromatic rings. The molecule has 2 aromatic heterocycles. The van der Waals surface area contributed by atoms with Gasteiger partial charge in [0.1, 0.15) is 6.61 Å². The summed E-state index contributed by atoms with van der Waals surface area (Å²) in [7, 11) is 0. The zero-order valence-corrected chi connectivity index (χ0v) is 17.0. The quantitative estimate of drug-likeness (QED) is 0.471. The van der Waals surface area contributed by atoms with Crippen molar-refractivity contribution >= 4 is 24.0 Å². The zero-order chi connectivity index (χ0) is 19.4. The Morgan fingerprint density at radius 3 is 2.69 bits per heavy atom. The van der Waals surface area contributed by atoms with Gasteiger partial charge in [-0.25, -0.2) is 4.98 Å². The summed E-state index contributed by atoms with van der Waals surface area (Å²) in [6.45, 7) is 3.21. The molecule has 1 amide bonds. The summed E-state index contributed by atoms with van der Waals surface area (Å²) in [5, 5.41) is 11.8. The topological polar surface area (TPSA) is 107 Å². The molecule has 0 bridgehead atoms. The number of carbonyl (C=O) groups is 1. The van der Waals surface area contributed by atoms with Gasteiger partial charge in [0.25, 0.3) is 0 Å². The van der Waals surface area contributed by atoms with Crippen molar-refractivity contribution in [2.45, 2.75) is 26.5 Å². The third-order valence-corrected chi connectivity index (χ3v) is 4.33. The van der Waals surface area contributed by atoms with Crippen molar-refractivity contribution in [1.29, 1.82) is 0 Å². The van der Waals surface area contributed by atoms with Crippen molar-refractivity contribution in [2.75, 3.05) is 6.61 Å². The molecule has 1 atom stereocenters. The normalized spacial score (nSPS) is 11.0. The van der Waals surface area contributed by atoms with E-state index in [-0.39, 0.29) is 17.9 Å². The van der Waals surface area contributed by atoms with Crippen LogP contribution in [0.4, 0.5) is 0 Å². The number of hydrogen-bond donors (Lipinski definition) is 2. The molecule has 0 aliphatic rings. The Balaban J connectivity index is 0.00000210. The number of rotatable bonds is 6. The van der Waals surface area contributed by atoms with Gasteiger partial charge in [-0.1, -0.05) is 24.3 Å². The number of pyridine rings is 1. The third kappa shape index (κ3) is 5.06. The van der Waals surface area contributed by atoms with Crippen LogP contribution in [0.15, 0.2) is 42.6 Å². The molecule has 29 heavy (non-hydrogen) atoms. The second-order valence-corrected chi connectivity index (χ2v) is 6.17. The maximum Gasteiger partial charge on any atom is 0.248 e. The fourth-order valence-electron chi connectivity index (χ4n) is 2.98. The van der Waals surface area contributed by atoms with Gasteiger partial charge >= 0.3 is 0 Å². The van der Waals surface area contributed by atoms with Crippen LogP contribution in [0.2, 0.25) is 0 Å². The van der Waals surface area contributed by atoms with Crippen molar-refractivity contribution < 1.29 is 20.1 Å². The number of aliphatic hydroxyl groups excluding tert-OH is 1. The molecule has 2 heterocycles. The lowest BCUT2D eigenvalue weighted by atomic mass is 10.1. The van der Waals surface area contributed by atoms with Gasteiger partial charge in [0, 0.05) is 11.8 Å². The Bertz CT molecular complexity index is 1030. The molecular weight excluding hydrogens is 394 g/mol. The molecule has 0 spiro atoms. The van der Waals surface area contributed by atoms with E-state index in [1.807, 2.05) is 54.8 Å². The summed E-state index contributed by atoms with van der Waals surface area (Å²) in [5.41, 5.74) is 4.13. The lowest BCUT2D eigenvalue weighted by Gasteiger charge is -2.22. The average molecular weight is 418 g/mol. The van der Waals surface area contributed by atoms with Crippen LogP contribution in [0.5, 0.6) is 5.75 Å². The van der Waals surface area contributed by atoms with Crippen LogP contribution in [-0.2, 0) is 11.2 Å². The smallest absolute Gasteiger partial charge is 0.248 e. The predicted octanol–water partition coefficient (Wildman–Crippen LogP) is 1.91. The Morgan fingerprint density at radius 1 is 1.31 bits per heavy atom. The highest BCUT2D eigenvalue weighted by molar-refractivity contribution is 5.85. The lowest BCUT2D eigenvalue weighted by Crippen LogP contribution is -2.34. The molecule has 4 N–H and O–H groups in total. The number of benzene rings is 1. The van der Waals surface area contributed by atoms with Gasteiger partial charge in [-0.15, -0.1) is 24.8 Å². The maximum atomic E-state index is 11.8. The summed E-state index contributed by atoms with van der Waals surface area (Å²) in [6.07, 6.45) is 7.04. The van der Waals surface area contributed by atoms with Gasteiger partial charge in [0.05, 0.1) is 17.8 Å². The molecule has 7 nitrogen and oxygen atoms in total. The second-order valence-electron chi connectivity index (χ2n) is 6.17. The highest BCUT2D eigenvalue weighted by Gasteiger charge is 2.20. The SMILES string of the molecule is C#CCc1c(C)nc2c(OC(NC(=O)CO)c3ccccc3C)cccn12.Cl.O. The number of fused-ring (bicyclic) bond motifs is 1. The molecule has 0 fully saturated rings. The van der Waals surface area contributed by atoms with Gasteiger partial charge in [-0.2, -0.15) is 0 Å². The molecule has 154 valence electrons. The van der Waals surface area contributed by atoms with E-state index in [1.165, 1.54) is 0 Å². The van der Waals surface area contributed by atoms with E-state index in [0.717, 1.165) is 22.5 Å². The van der Waals surface area contributed by atoms with Crippen LogP contribution in [-0.4, -0.2) is 32.5 Å². The first kappa shape index (κ1) is 24.0. The molecular formula is C21H24ClN3O4. The summed E-state index contributed by atoms with van der Waals surface area (Å²) in [6, 6.07) is 11.2. The van der Waals surface area contributed by atoms with Crippen molar-refractivity contribution in [2.24, 2.45) is 0 Å². The molecule has 8 heteroatoms. The van der Waals surface area contributed by atoms with E-state index in [2.05, 4.69) is 16.2 Å². The van der Waals surface area contributed by atoms with Crippen molar-refractivity contribution in [3.63, 3.8) is 0 Å². The van der Waals surface area contributed by atoms with Crippen molar-refractivity contribution in [1.82, 2.24) is 14.7 Å². The number of carbonyl (C=O) groups excluding carboxylic acids is 1. The number of amides is 1. The summed E-state index contributed by atoms with van der Waals surface area (Å²) in [5.74, 6) is 2.63. The molecule has 1 aromatic carbocycles. The minimum atomic E-state index is -0.759. The molecule has 1 unspecified atom stereocenters. The number of ether oxygens (including phenoxy) is 1. The van der Waals surface area contributed by atoms with Gasteiger partial charge in [-0.05, 0) is 31.5 Å². The Morgan fingerprint density at radius 2 is 2.03 bits per heavy atom. The standard InChI is InChI=1S/C21H21N3O3.ClH.H2O/c1-4-8-17-15(3)22-20-18(11-7-12-24(17)20)27-21(23-19(26)13-25)16-10-6-5-9-14(16)2;;/h1,5-7,9-12,21,25H,8,13H2,2-3H3,(H,23,26);1H;1H2. The number of aryl methyl sites for hydroxylation is 2. The van der Waals surface area contributed by atoms with E-state index in [1.54, 1.807) is 6.07 Å². The number of hydrogen-bond acceptors (Lipinski definition) is 4. The van der Waals surface area contributed by atoms with Gasteiger partial charge in [-0.3, -0.25) is 9.20 Å². The number of aromatic nitrogens is 2. The molecule has 0 aliphatic carbocycles. The minimum Gasteiger partial charge on any atom is -0.462 e. The van der Waals surface area contributed by atoms with E-state index in [4.69, 9.17) is 16.3 Å². The predicted molar refractivity (Wildman–Crippen MR) is 113 cm³/mol. The highest BCUT2D eigenvalue weighted by Crippen LogP contribution is 2.27. The molecule has 0 radical (unpaired) electrons. The highest BCUT2D eigenvalue weighted by atomic mass is 35.5. The van der Waals surface area contributed by atoms with Crippen LogP contribution in [0.1, 0.15) is 28.7 Å². The molecule has 0 saturated carbocycles. The first-order valence-corrected chi connectivity index (χ1v) is 8.57. The molecule has 0 aliphatic heterocycles. The summed E-state index contributed by atoms with van der Waals surface area (Å²) < 4.78 is 8.03. The Kier molecular flexibility index (Phi) is 8.67. The Labute approximate surface area is 175 Å². The number of terminal acetylenes is 1. The van der Waals surface area contributed by atoms with Crippen LogP contribution in [0.25, 0.3) is 5.65 Å². The van der Waals surface area contributed by atoms with Gasteiger partial charge in [0.2, 0.25) is 5.91 Å². The number of halogens is 1. The monoisotopic (exact) mass is 417 g/mol. The first-order chi connectivity index (χ1) is 13.0. The van der Waals surface area contributed by atoms with Crippen molar-refractivity contribution in [3.05, 3.63) is 65.1 Å². The molecule has 0 saturated heterocycles. The van der Waals surface area contributed by atoms with Gasteiger partial charge < -0.3 is 20.6 Å². The number of imidazole rings is 1. The zero-order valence-electron chi connectivity index (χ0n) is 16.2. The van der Waals surface area contributed by atoms with E-state index in [9.17, 15) is 4.79 Å². The number of nitrogens with zero attached hydrogens (tertiary/aromatic N) is 2. The van der Waals surface area contributed by atoms with E-state index in [0.29, 0.717) is 17.8 Å². The maximum absolute atomic E-state index is 11.8. The summed E-state index contributed by atoms with van der Waals surface area (Å²) >= 11 is 0. The third-order valence-electron chi connectivity index (χ3n) is 4.33. The first-order valence-electron chi connectivity index (χ1n) is 8.57. The van der Waals surface area contributed by atoms with E-state index < -0.39 is 18.7 Å². The second kappa shape index (κ2) is 10.5. The largest absolute Gasteiger partial charge is 0.462 e. The minimum absolute atomic E-state index is 0. The Hall–Kier alpha value is -3.05. The van der Waals surface area contributed by atoms with Crippen LogP contribution >= 0.6 is 12.4 Å².